The number of carbonyl (C=O) groups is 1. The van der Waals surface area contributed by atoms with Crippen molar-refractivity contribution in [3.63, 3.8) is 0 Å². The van der Waals surface area contributed by atoms with E-state index in [4.69, 9.17) is 32.7 Å². The number of hydrogen-bond donors (Lipinski definition) is 0. The molecule has 0 unspecified atom stereocenters. The summed E-state index contributed by atoms with van der Waals surface area (Å²) in [6.45, 7) is 0.200. The van der Waals surface area contributed by atoms with E-state index in [1.54, 1.807) is 36.4 Å². The predicted octanol–water partition coefficient (Wildman–Crippen LogP) is 4.36. The van der Waals surface area contributed by atoms with Gasteiger partial charge >= 0.3 is 5.97 Å². The lowest BCUT2D eigenvalue weighted by molar-refractivity contribution is 0.0598. The summed E-state index contributed by atoms with van der Waals surface area (Å²) >= 11 is 11.9. The quantitative estimate of drug-likeness (QED) is 0.787. The van der Waals surface area contributed by atoms with Crippen molar-refractivity contribution < 1.29 is 14.3 Å². The maximum Gasteiger partial charge on any atom is 0.338 e. The Hall–Kier alpha value is -1.71. The Morgan fingerprint density at radius 3 is 2.65 bits per heavy atom. The van der Waals surface area contributed by atoms with E-state index in [9.17, 15) is 4.79 Å². The van der Waals surface area contributed by atoms with Gasteiger partial charge in [0.15, 0.2) is 0 Å². The summed E-state index contributed by atoms with van der Waals surface area (Å²) in [5.74, 6) is 0.0697. The highest BCUT2D eigenvalue weighted by molar-refractivity contribution is 6.34. The number of benzene rings is 2. The zero-order valence-electron chi connectivity index (χ0n) is 10.7. The molecule has 0 radical (unpaired) electrons. The van der Waals surface area contributed by atoms with Crippen molar-refractivity contribution in [1.82, 2.24) is 0 Å². The standard InChI is InChI=1S/C15H12Cl2O3/c1-19-15(18)12-5-3-2-4-10(12)9-20-14-8-11(16)6-7-13(14)17/h2-8H,9H2,1H3. The monoisotopic (exact) mass is 310 g/mol. The van der Waals surface area contributed by atoms with Crippen molar-refractivity contribution in [2.75, 3.05) is 7.11 Å². The minimum absolute atomic E-state index is 0.200. The van der Waals surface area contributed by atoms with Gasteiger partial charge in [-0.25, -0.2) is 4.79 Å². The van der Waals surface area contributed by atoms with Crippen LogP contribution in [0, 0.1) is 0 Å². The van der Waals surface area contributed by atoms with Crippen LogP contribution in [0.2, 0.25) is 10.0 Å². The van der Waals surface area contributed by atoms with Crippen molar-refractivity contribution >= 4 is 29.2 Å². The van der Waals surface area contributed by atoms with Crippen LogP contribution in [0.3, 0.4) is 0 Å². The van der Waals surface area contributed by atoms with Gasteiger partial charge in [-0.3, -0.25) is 0 Å². The third kappa shape index (κ3) is 3.44. The molecule has 3 nitrogen and oxygen atoms in total. The van der Waals surface area contributed by atoms with Gasteiger partial charge in [0.2, 0.25) is 0 Å². The first kappa shape index (κ1) is 14.7. The highest BCUT2D eigenvalue weighted by Gasteiger charge is 2.12. The second kappa shape index (κ2) is 6.64. The molecule has 0 saturated carbocycles. The Labute approximate surface area is 127 Å². The molecule has 0 aliphatic heterocycles. The lowest BCUT2D eigenvalue weighted by Gasteiger charge is -2.11. The molecule has 0 heterocycles. The van der Waals surface area contributed by atoms with Crippen LogP contribution in [-0.2, 0) is 11.3 Å². The molecular formula is C15H12Cl2O3. The van der Waals surface area contributed by atoms with Crippen LogP contribution < -0.4 is 4.74 Å². The van der Waals surface area contributed by atoms with E-state index in [-0.39, 0.29) is 6.61 Å². The second-order valence-electron chi connectivity index (χ2n) is 4.01. The molecule has 5 heteroatoms. The average molecular weight is 311 g/mol. The maximum atomic E-state index is 11.6. The number of halogens is 2. The molecule has 2 rings (SSSR count). The van der Waals surface area contributed by atoms with E-state index >= 15 is 0 Å². The van der Waals surface area contributed by atoms with Crippen LogP contribution >= 0.6 is 23.2 Å². The SMILES string of the molecule is COC(=O)c1ccccc1COc1cc(Cl)ccc1Cl. The van der Waals surface area contributed by atoms with Crippen molar-refractivity contribution in [2.45, 2.75) is 6.61 Å². The summed E-state index contributed by atoms with van der Waals surface area (Å²) in [7, 11) is 1.34. The predicted molar refractivity (Wildman–Crippen MR) is 78.6 cm³/mol. The molecule has 2 aromatic rings. The second-order valence-corrected chi connectivity index (χ2v) is 4.86. The zero-order valence-corrected chi connectivity index (χ0v) is 12.2. The Morgan fingerprint density at radius 1 is 1.15 bits per heavy atom. The first-order valence-electron chi connectivity index (χ1n) is 5.86. The molecule has 104 valence electrons. The highest BCUT2D eigenvalue weighted by Crippen LogP contribution is 2.28. The number of ether oxygens (including phenoxy) is 2. The van der Waals surface area contributed by atoms with Crippen LogP contribution in [0.1, 0.15) is 15.9 Å². The fraction of sp³-hybridized carbons (Fsp3) is 0.133. The van der Waals surface area contributed by atoms with E-state index in [1.807, 2.05) is 6.07 Å². The van der Waals surface area contributed by atoms with Crippen LogP contribution in [0.5, 0.6) is 5.75 Å². The van der Waals surface area contributed by atoms with Gasteiger partial charge in [-0.15, -0.1) is 0 Å². The maximum absolute atomic E-state index is 11.6. The average Bonchev–Trinajstić information content (AvgIpc) is 2.47. The summed E-state index contributed by atoms with van der Waals surface area (Å²) in [4.78, 5) is 11.6. The van der Waals surface area contributed by atoms with E-state index in [0.29, 0.717) is 21.4 Å². The van der Waals surface area contributed by atoms with Crippen LogP contribution in [-0.4, -0.2) is 13.1 Å². The smallest absolute Gasteiger partial charge is 0.338 e. The molecule has 0 spiro atoms. The number of hydrogen-bond acceptors (Lipinski definition) is 3. The summed E-state index contributed by atoms with van der Waals surface area (Å²) < 4.78 is 10.3. The van der Waals surface area contributed by atoms with Crippen molar-refractivity contribution in [3.05, 3.63) is 63.6 Å². The number of rotatable bonds is 4. The topological polar surface area (TPSA) is 35.5 Å². The lowest BCUT2D eigenvalue weighted by atomic mass is 10.1. The first-order valence-corrected chi connectivity index (χ1v) is 6.61. The highest BCUT2D eigenvalue weighted by atomic mass is 35.5. The molecule has 0 aromatic heterocycles. The van der Waals surface area contributed by atoms with Gasteiger partial charge in [-0.05, 0) is 18.2 Å². The molecule has 0 amide bonds. The normalized spacial score (nSPS) is 10.2. The van der Waals surface area contributed by atoms with Crippen molar-refractivity contribution in [2.24, 2.45) is 0 Å². The third-order valence-electron chi connectivity index (χ3n) is 2.70. The van der Waals surface area contributed by atoms with Gasteiger partial charge in [-0.1, -0.05) is 41.4 Å². The van der Waals surface area contributed by atoms with Crippen molar-refractivity contribution in [1.29, 1.82) is 0 Å². The van der Waals surface area contributed by atoms with E-state index in [1.165, 1.54) is 7.11 Å². The fourth-order valence-corrected chi connectivity index (χ4v) is 2.03. The Kier molecular flexibility index (Phi) is 4.88. The van der Waals surface area contributed by atoms with Gasteiger partial charge < -0.3 is 9.47 Å². The molecule has 0 N–H and O–H groups in total. The van der Waals surface area contributed by atoms with Gasteiger partial charge in [0.1, 0.15) is 12.4 Å². The molecular weight excluding hydrogens is 299 g/mol. The largest absolute Gasteiger partial charge is 0.487 e. The molecule has 2 aromatic carbocycles. The summed E-state index contributed by atoms with van der Waals surface area (Å²) in [6, 6.07) is 12.0. The third-order valence-corrected chi connectivity index (χ3v) is 3.25. The van der Waals surface area contributed by atoms with Crippen LogP contribution in [0.15, 0.2) is 42.5 Å². The molecule has 0 atom stereocenters. The lowest BCUT2D eigenvalue weighted by Crippen LogP contribution is -2.07. The first-order chi connectivity index (χ1) is 9.61. The summed E-state index contributed by atoms with van der Waals surface area (Å²) in [5.41, 5.74) is 1.18. The Morgan fingerprint density at radius 2 is 1.90 bits per heavy atom. The van der Waals surface area contributed by atoms with E-state index < -0.39 is 5.97 Å². The Bertz CT molecular complexity index is 626. The Balaban J connectivity index is 2.19. The molecule has 0 bridgehead atoms. The van der Waals surface area contributed by atoms with Gasteiger partial charge in [0.05, 0.1) is 17.7 Å². The number of carbonyl (C=O) groups excluding carboxylic acids is 1. The van der Waals surface area contributed by atoms with E-state index in [0.717, 1.165) is 5.56 Å². The molecule has 0 aliphatic rings. The van der Waals surface area contributed by atoms with Crippen molar-refractivity contribution in [3.8, 4) is 5.75 Å². The van der Waals surface area contributed by atoms with Crippen LogP contribution in [0.25, 0.3) is 0 Å². The zero-order chi connectivity index (χ0) is 14.5. The van der Waals surface area contributed by atoms with Gasteiger partial charge in [0, 0.05) is 16.7 Å². The molecule has 0 saturated heterocycles. The summed E-state index contributed by atoms with van der Waals surface area (Å²) in [5, 5.41) is 0.996. The van der Waals surface area contributed by atoms with Crippen LogP contribution in [0.4, 0.5) is 0 Å². The van der Waals surface area contributed by atoms with E-state index in [2.05, 4.69) is 0 Å². The van der Waals surface area contributed by atoms with Gasteiger partial charge in [-0.2, -0.15) is 0 Å². The minimum Gasteiger partial charge on any atom is -0.487 e. The number of esters is 1. The summed E-state index contributed by atoms with van der Waals surface area (Å²) in [6.07, 6.45) is 0. The fourth-order valence-electron chi connectivity index (χ4n) is 1.70. The van der Waals surface area contributed by atoms with Gasteiger partial charge in [0.25, 0.3) is 0 Å². The number of methoxy groups -OCH3 is 1. The molecule has 20 heavy (non-hydrogen) atoms. The molecule has 0 aliphatic carbocycles. The molecule has 0 fully saturated rings. The minimum atomic E-state index is -0.401.